The molecule has 2 heteroatoms. The minimum atomic E-state index is 0.484. The summed E-state index contributed by atoms with van der Waals surface area (Å²) in [5, 5.41) is 5.22. The van der Waals surface area contributed by atoms with Gasteiger partial charge in [-0.3, -0.25) is 0 Å². The first-order valence-electron chi connectivity index (χ1n) is 9.19. The number of fused-ring (bicyclic) bond motifs is 3. The van der Waals surface area contributed by atoms with Gasteiger partial charge < -0.3 is 10.3 Å². The van der Waals surface area contributed by atoms with Crippen molar-refractivity contribution in [3.8, 4) is 0 Å². The van der Waals surface area contributed by atoms with Crippen LogP contribution in [-0.4, -0.2) is 11.5 Å². The number of aromatic amines is 1. The van der Waals surface area contributed by atoms with Gasteiger partial charge in [0.25, 0.3) is 0 Å². The second-order valence-electron chi connectivity index (χ2n) is 7.05. The van der Waals surface area contributed by atoms with E-state index in [1.807, 2.05) is 0 Å². The molecule has 2 nitrogen and oxygen atoms in total. The smallest absolute Gasteiger partial charge is 0.0476 e. The second-order valence-corrected chi connectivity index (χ2v) is 7.05. The molecule has 1 heterocycles. The van der Waals surface area contributed by atoms with Crippen molar-refractivity contribution in [2.24, 2.45) is 0 Å². The van der Waals surface area contributed by atoms with Gasteiger partial charge in [-0.1, -0.05) is 42.0 Å². The summed E-state index contributed by atoms with van der Waals surface area (Å²) in [6, 6.07) is 18.0. The molecule has 24 heavy (non-hydrogen) atoms. The van der Waals surface area contributed by atoms with E-state index in [1.165, 1.54) is 53.4 Å². The van der Waals surface area contributed by atoms with Crippen molar-refractivity contribution >= 4 is 10.9 Å². The molecule has 1 aliphatic carbocycles. The molecule has 124 valence electrons. The molecule has 0 unspecified atom stereocenters. The summed E-state index contributed by atoms with van der Waals surface area (Å²) in [5.74, 6) is 0. The maximum atomic E-state index is 3.79. The molecular formula is C22H26N2. The van der Waals surface area contributed by atoms with Crippen molar-refractivity contribution in [2.75, 3.05) is 6.54 Å². The fourth-order valence-electron chi connectivity index (χ4n) is 3.99. The van der Waals surface area contributed by atoms with Crippen molar-refractivity contribution in [1.82, 2.24) is 10.3 Å². The average Bonchev–Trinajstić information content (AvgIpc) is 2.98. The molecule has 0 aliphatic heterocycles. The molecule has 3 aromatic rings. The molecule has 0 radical (unpaired) electrons. The fourth-order valence-corrected chi connectivity index (χ4v) is 3.99. The zero-order valence-corrected chi connectivity index (χ0v) is 14.4. The topological polar surface area (TPSA) is 27.8 Å². The lowest BCUT2D eigenvalue weighted by Crippen LogP contribution is -2.26. The Morgan fingerprint density at radius 2 is 2.00 bits per heavy atom. The number of H-pyrrole nitrogens is 1. The maximum Gasteiger partial charge on any atom is 0.0476 e. The lowest BCUT2D eigenvalue weighted by molar-refractivity contribution is 0.449. The van der Waals surface area contributed by atoms with Gasteiger partial charge in [0, 0.05) is 22.6 Å². The summed E-state index contributed by atoms with van der Waals surface area (Å²) < 4.78 is 0. The van der Waals surface area contributed by atoms with Gasteiger partial charge in [-0.2, -0.15) is 0 Å². The molecule has 1 aromatic heterocycles. The third-order valence-electron chi connectivity index (χ3n) is 5.24. The Balaban J connectivity index is 1.43. The van der Waals surface area contributed by atoms with Crippen LogP contribution >= 0.6 is 0 Å². The third kappa shape index (κ3) is 3.11. The van der Waals surface area contributed by atoms with Crippen LogP contribution in [0.25, 0.3) is 10.9 Å². The summed E-state index contributed by atoms with van der Waals surface area (Å²) >= 11 is 0. The van der Waals surface area contributed by atoms with Gasteiger partial charge >= 0.3 is 0 Å². The van der Waals surface area contributed by atoms with Crippen LogP contribution in [0, 0.1) is 6.92 Å². The summed E-state index contributed by atoms with van der Waals surface area (Å²) in [5.41, 5.74) is 7.05. The average molecular weight is 318 g/mol. The lowest BCUT2D eigenvalue weighted by atomic mass is 9.91. The van der Waals surface area contributed by atoms with E-state index in [0.29, 0.717) is 6.04 Å². The molecule has 0 saturated heterocycles. The Kier molecular flexibility index (Phi) is 4.40. The Morgan fingerprint density at radius 3 is 2.88 bits per heavy atom. The van der Waals surface area contributed by atoms with Gasteiger partial charge in [-0.15, -0.1) is 0 Å². The van der Waals surface area contributed by atoms with Crippen molar-refractivity contribution < 1.29 is 0 Å². The molecule has 2 N–H and O–H groups in total. The summed E-state index contributed by atoms with van der Waals surface area (Å²) in [6.07, 6.45) is 6.07. The van der Waals surface area contributed by atoms with E-state index >= 15 is 0 Å². The minimum Gasteiger partial charge on any atom is -0.357 e. The fraction of sp³-hybridized carbons (Fsp3) is 0.364. The van der Waals surface area contributed by atoms with Crippen molar-refractivity contribution in [2.45, 2.75) is 45.1 Å². The Hall–Kier alpha value is -2.06. The van der Waals surface area contributed by atoms with E-state index in [4.69, 9.17) is 0 Å². The van der Waals surface area contributed by atoms with Crippen molar-refractivity contribution in [1.29, 1.82) is 0 Å². The van der Waals surface area contributed by atoms with Crippen molar-refractivity contribution in [3.63, 3.8) is 0 Å². The van der Waals surface area contributed by atoms with Crippen LogP contribution in [0.3, 0.4) is 0 Å². The summed E-state index contributed by atoms with van der Waals surface area (Å²) in [6.45, 7) is 3.26. The van der Waals surface area contributed by atoms with E-state index in [2.05, 4.69) is 65.8 Å². The van der Waals surface area contributed by atoms with Crippen LogP contribution in [-0.2, 0) is 12.8 Å². The lowest BCUT2D eigenvalue weighted by Gasteiger charge is -2.24. The molecule has 0 spiro atoms. The molecule has 0 amide bonds. The molecule has 0 bridgehead atoms. The highest BCUT2D eigenvalue weighted by Crippen LogP contribution is 2.35. The number of benzene rings is 2. The summed E-state index contributed by atoms with van der Waals surface area (Å²) in [4.78, 5) is 3.69. The first-order valence-corrected chi connectivity index (χ1v) is 9.19. The molecule has 1 atom stereocenters. The monoisotopic (exact) mass is 318 g/mol. The van der Waals surface area contributed by atoms with Crippen LogP contribution in [0.2, 0.25) is 0 Å². The SMILES string of the molecule is Cc1ccc2[nH]c3c(c2c1)CCC[C@@H]3NCCCc1ccccc1. The van der Waals surface area contributed by atoms with Gasteiger partial charge in [0.15, 0.2) is 0 Å². The largest absolute Gasteiger partial charge is 0.357 e. The van der Waals surface area contributed by atoms with Crippen LogP contribution in [0.4, 0.5) is 0 Å². The predicted molar refractivity (Wildman–Crippen MR) is 101 cm³/mol. The van der Waals surface area contributed by atoms with Gasteiger partial charge in [-0.25, -0.2) is 0 Å². The number of nitrogens with one attached hydrogen (secondary N) is 2. The number of hydrogen-bond donors (Lipinski definition) is 2. The van der Waals surface area contributed by atoms with Gasteiger partial charge in [0.05, 0.1) is 0 Å². The van der Waals surface area contributed by atoms with E-state index in [-0.39, 0.29) is 0 Å². The van der Waals surface area contributed by atoms with E-state index < -0.39 is 0 Å². The standard InChI is InChI=1S/C22H26N2/c1-16-12-13-20-19(15-16)18-10-5-11-21(22(18)24-20)23-14-6-9-17-7-3-2-4-8-17/h2-4,7-8,12-13,15,21,23-24H,5-6,9-11,14H2,1H3/t21-/m0/s1. The van der Waals surface area contributed by atoms with Crippen LogP contribution in [0.5, 0.6) is 0 Å². The predicted octanol–water partition coefficient (Wildman–Crippen LogP) is 5.08. The molecule has 0 fully saturated rings. The zero-order chi connectivity index (χ0) is 16.4. The minimum absolute atomic E-state index is 0.484. The van der Waals surface area contributed by atoms with E-state index in [1.54, 1.807) is 5.56 Å². The highest BCUT2D eigenvalue weighted by molar-refractivity contribution is 5.85. The third-order valence-corrected chi connectivity index (χ3v) is 5.24. The van der Waals surface area contributed by atoms with Crippen molar-refractivity contribution in [3.05, 3.63) is 70.9 Å². The normalized spacial score (nSPS) is 17.1. The number of hydrogen-bond acceptors (Lipinski definition) is 1. The van der Waals surface area contributed by atoms with Gasteiger partial charge in [-0.05, 0) is 68.8 Å². The number of aryl methyl sites for hydroxylation is 3. The number of rotatable bonds is 5. The molecule has 1 aliphatic rings. The Labute approximate surface area is 144 Å². The molecular weight excluding hydrogens is 292 g/mol. The molecule has 2 aromatic carbocycles. The highest BCUT2D eigenvalue weighted by atomic mass is 14.9. The van der Waals surface area contributed by atoms with E-state index in [0.717, 1.165) is 13.0 Å². The Bertz CT molecular complexity index is 817. The molecule has 4 rings (SSSR count). The van der Waals surface area contributed by atoms with Crippen LogP contribution in [0.1, 0.15) is 47.7 Å². The van der Waals surface area contributed by atoms with Gasteiger partial charge in [0.2, 0.25) is 0 Å². The van der Waals surface area contributed by atoms with E-state index in [9.17, 15) is 0 Å². The maximum absolute atomic E-state index is 3.79. The Morgan fingerprint density at radius 1 is 1.12 bits per heavy atom. The number of aromatic nitrogens is 1. The van der Waals surface area contributed by atoms with Gasteiger partial charge in [0.1, 0.15) is 0 Å². The first kappa shape index (κ1) is 15.5. The zero-order valence-electron chi connectivity index (χ0n) is 14.4. The quantitative estimate of drug-likeness (QED) is 0.631. The second kappa shape index (κ2) is 6.82. The highest BCUT2D eigenvalue weighted by Gasteiger charge is 2.23. The first-order chi connectivity index (χ1) is 11.8. The van der Waals surface area contributed by atoms with Crippen LogP contribution < -0.4 is 5.32 Å². The van der Waals surface area contributed by atoms with Crippen LogP contribution in [0.15, 0.2) is 48.5 Å². The molecule has 0 saturated carbocycles. The summed E-state index contributed by atoms with van der Waals surface area (Å²) in [7, 11) is 0.